The highest BCUT2D eigenvalue weighted by molar-refractivity contribution is 5.69. The van der Waals surface area contributed by atoms with Crippen LogP contribution in [0.25, 0.3) is 0 Å². The minimum Gasteiger partial charge on any atom is -0.462 e. The second kappa shape index (κ2) is 9.86. The van der Waals surface area contributed by atoms with Gasteiger partial charge in [-0.05, 0) is 97.7 Å². The van der Waals surface area contributed by atoms with Crippen LogP contribution in [0, 0.1) is 46.3 Å². The van der Waals surface area contributed by atoms with Crippen LogP contribution in [0.5, 0.6) is 0 Å². The highest BCUT2D eigenvalue weighted by Crippen LogP contribution is 2.67. The molecule has 3 nitrogen and oxygen atoms in total. The Morgan fingerprint density at radius 1 is 1.15 bits per heavy atom. The highest BCUT2D eigenvalue weighted by Gasteiger charge is 2.59. The molecular formula is C30H49NO2. The summed E-state index contributed by atoms with van der Waals surface area (Å²) in [5, 5.41) is 0. The van der Waals surface area contributed by atoms with Gasteiger partial charge in [-0.15, -0.1) is 0 Å². The summed E-state index contributed by atoms with van der Waals surface area (Å²) in [6.45, 7) is 15.1. The molecule has 0 aromatic heterocycles. The van der Waals surface area contributed by atoms with Gasteiger partial charge in [-0.3, -0.25) is 9.79 Å². The van der Waals surface area contributed by atoms with Gasteiger partial charge in [0.2, 0.25) is 0 Å². The minimum atomic E-state index is -0.0369. The summed E-state index contributed by atoms with van der Waals surface area (Å²) in [6.07, 6.45) is 16.7. The van der Waals surface area contributed by atoms with Crippen molar-refractivity contribution in [3.63, 3.8) is 0 Å². The zero-order valence-corrected chi connectivity index (χ0v) is 22.2. The number of hydrogen-bond donors (Lipinski definition) is 0. The third-order valence-corrected chi connectivity index (χ3v) is 10.5. The maximum atomic E-state index is 11.9. The average Bonchev–Trinajstić information content (AvgIpc) is 3.14. The predicted octanol–water partition coefficient (Wildman–Crippen LogP) is 7.64. The zero-order valence-electron chi connectivity index (χ0n) is 22.2. The van der Waals surface area contributed by atoms with Crippen molar-refractivity contribution in [3.05, 3.63) is 11.6 Å². The lowest BCUT2D eigenvalue weighted by atomic mass is 9.47. The van der Waals surface area contributed by atoms with Crippen LogP contribution < -0.4 is 0 Å². The Morgan fingerprint density at radius 2 is 1.94 bits per heavy atom. The number of hydrogen-bond acceptors (Lipinski definition) is 3. The largest absolute Gasteiger partial charge is 0.462 e. The Bertz CT molecular complexity index is 769. The van der Waals surface area contributed by atoms with E-state index in [9.17, 15) is 4.79 Å². The maximum absolute atomic E-state index is 11.9. The fourth-order valence-electron chi connectivity index (χ4n) is 8.58. The van der Waals surface area contributed by atoms with Crippen LogP contribution in [0.2, 0.25) is 0 Å². The Morgan fingerprint density at radius 3 is 2.67 bits per heavy atom. The molecule has 0 saturated heterocycles. The second-order valence-electron chi connectivity index (χ2n) is 12.8. The molecule has 4 rings (SSSR count). The molecule has 3 fully saturated rings. The molecule has 8 atom stereocenters. The number of carbonyl (C=O) groups excluding carboxylic acids is 1. The first-order valence-corrected chi connectivity index (χ1v) is 14.1. The molecule has 0 amide bonds. The molecular weight excluding hydrogens is 406 g/mol. The first kappa shape index (κ1) is 25.0. The summed E-state index contributed by atoms with van der Waals surface area (Å²) < 4.78 is 5.76. The van der Waals surface area contributed by atoms with Crippen molar-refractivity contribution in [2.45, 2.75) is 112 Å². The normalized spacial score (nSPS) is 41.3. The van der Waals surface area contributed by atoms with Crippen LogP contribution in [0.1, 0.15) is 106 Å². The smallest absolute Gasteiger partial charge is 0.305 e. The van der Waals surface area contributed by atoms with Gasteiger partial charge in [-0.2, -0.15) is 0 Å². The van der Waals surface area contributed by atoms with E-state index in [-0.39, 0.29) is 12.1 Å². The number of carbonyl (C=O) groups is 1. The van der Waals surface area contributed by atoms with Gasteiger partial charge in [0.1, 0.15) is 6.10 Å². The summed E-state index contributed by atoms with van der Waals surface area (Å²) in [5.74, 6) is 4.59. The molecule has 33 heavy (non-hydrogen) atoms. The van der Waals surface area contributed by atoms with Gasteiger partial charge in [0.05, 0.1) is 0 Å². The van der Waals surface area contributed by atoms with Crippen LogP contribution in [0.4, 0.5) is 0 Å². The molecule has 0 bridgehead atoms. The van der Waals surface area contributed by atoms with E-state index in [4.69, 9.17) is 9.73 Å². The maximum Gasteiger partial charge on any atom is 0.305 e. The van der Waals surface area contributed by atoms with Crippen LogP contribution in [-0.2, 0) is 9.53 Å². The molecule has 0 N–H and O–H groups in total. The summed E-state index contributed by atoms with van der Waals surface area (Å²) in [4.78, 5) is 16.7. The molecule has 4 aliphatic carbocycles. The summed E-state index contributed by atoms with van der Waals surface area (Å²) >= 11 is 0. The van der Waals surface area contributed by atoms with Crippen molar-refractivity contribution in [3.8, 4) is 0 Å². The van der Waals surface area contributed by atoms with Crippen molar-refractivity contribution in [1.82, 2.24) is 0 Å². The SMILES string of the molecule is CCC(=O)O[C@H]1CC[C@@]2(C)C(=CC[C@H]3C4CC[C@H]([C@H](C)C=NCCC(C)C)[C@@]4(C)CC[C@@H]32)C1. The van der Waals surface area contributed by atoms with Gasteiger partial charge in [0.15, 0.2) is 0 Å². The van der Waals surface area contributed by atoms with E-state index in [0.29, 0.717) is 23.2 Å². The van der Waals surface area contributed by atoms with Gasteiger partial charge < -0.3 is 4.74 Å². The van der Waals surface area contributed by atoms with Crippen molar-refractivity contribution < 1.29 is 9.53 Å². The predicted molar refractivity (Wildman–Crippen MR) is 137 cm³/mol. The topological polar surface area (TPSA) is 38.7 Å². The van der Waals surface area contributed by atoms with E-state index >= 15 is 0 Å². The van der Waals surface area contributed by atoms with E-state index in [2.05, 4.69) is 46.9 Å². The van der Waals surface area contributed by atoms with Crippen LogP contribution in [0.3, 0.4) is 0 Å². The lowest BCUT2D eigenvalue weighted by molar-refractivity contribution is -0.151. The number of allylic oxidation sites excluding steroid dienone is 1. The second-order valence-corrected chi connectivity index (χ2v) is 12.8. The van der Waals surface area contributed by atoms with E-state index in [0.717, 1.165) is 49.0 Å². The molecule has 4 aliphatic rings. The fraction of sp³-hybridized carbons (Fsp3) is 0.867. The van der Waals surface area contributed by atoms with Crippen molar-refractivity contribution >= 4 is 12.2 Å². The van der Waals surface area contributed by atoms with Gasteiger partial charge in [-0.1, -0.05) is 53.2 Å². The Kier molecular flexibility index (Phi) is 7.47. The minimum absolute atomic E-state index is 0.0369. The molecule has 0 spiro atoms. The van der Waals surface area contributed by atoms with Crippen LogP contribution in [0.15, 0.2) is 16.6 Å². The molecule has 0 aromatic carbocycles. The lowest BCUT2D eigenvalue weighted by Crippen LogP contribution is -2.51. The standard InChI is InChI=1S/C30H49NO2/c1-7-28(32)33-23-12-15-29(5)22(18-23)8-9-24-26-11-10-25(30(26,6)16-13-27(24)29)21(4)19-31-17-14-20(2)3/h8,19-21,23-27H,7,9-18H2,1-6H3/t21-,23+,24+,25-,26?,27+,29+,30-/m1/s1. The summed E-state index contributed by atoms with van der Waals surface area (Å²) in [5.41, 5.74) is 2.40. The van der Waals surface area contributed by atoms with E-state index in [1.54, 1.807) is 5.57 Å². The monoisotopic (exact) mass is 455 g/mol. The summed E-state index contributed by atoms with van der Waals surface area (Å²) in [6, 6.07) is 0. The molecule has 3 heteroatoms. The number of nitrogens with zero attached hydrogens (tertiary/aromatic N) is 1. The fourth-order valence-corrected chi connectivity index (χ4v) is 8.58. The molecule has 0 radical (unpaired) electrons. The molecule has 1 unspecified atom stereocenters. The average molecular weight is 456 g/mol. The quantitative estimate of drug-likeness (QED) is 0.225. The molecule has 0 aliphatic heterocycles. The zero-order chi connectivity index (χ0) is 23.8. The van der Waals surface area contributed by atoms with Crippen molar-refractivity contribution in [2.75, 3.05) is 6.54 Å². The number of ether oxygens (including phenoxy) is 1. The van der Waals surface area contributed by atoms with Gasteiger partial charge in [0, 0.05) is 25.6 Å². The van der Waals surface area contributed by atoms with Crippen LogP contribution >= 0.6 is 0 Å². The van der Waals surface area contributed by atoms with Crippen molar-refractivity contribution in [2.24, 2.45) is 51.3 Å². The first-order valence-electron chi connectivity index (χ1n) is 14.1. The Hall–Kier alpha value is -1.12. The lowest BCUT2D eigenvalue weighted by Gasteiger charge is -2.58. The molecule has 3 saturated carbocycles. The first-order chi connectivity index (χ1) is 15.7. The van der Waals surface area contributed by atoms with E-state index in [1.807, 2.05) is 6.92 Å². The van der Waals surface area contributed by atoms with E-state index in [1.165, 1.54) is 44.9 Å². The van der Waals surface area contributed by atoms with Gasteiger partial charge >= 0.3 is 5.97 Å². The highest BCUT2D eigenvalue weighted by atomic mass is 16.5. The third-order valence-electron chi connectivity index (χ3n) is 10.5. The number of esters is 1. The molecule has 0 heterocycles. The third kappa shape index (κ3) is 4.72. The summed E-state index contributed by atoms with van der Waals surface area (Å²) in [7, 11) is 0. The molecule has 0 aromatic rings. The number of fused-ring (bicyclic) bond motifs is 5. The Labute approximate surface area is 203 Å². The number of aliphatic imine (C=N–C) groups is 1. The van der Waals surface area contributed by atoms with Gasteiger partial charge in [0.25, 0.3) is 0 Å². The van der Waals surface area contributed by atoms with Crippen molar-refractivity contribution in [1.29, 1.82) is 0 Å². The van der Waals surface area contributed by atoms with E-state index < -0.39 is 0 Å². The van der Waals surface area contributed by atoms with Crippen LogP contribution in [-0.4, -0.2) is 24.8 Å². The van der Waals surface area contributed by atoms with Gasteiger partial charge in [-0.25, -0.2) is 0 Å². The Balaban J connectivity index is 1.45. The molecule has 186 valence electrons. The number of rotatable bonds is 7.